The van der Waals surface area contributed by atoms with E-state index < -0.39 is 0 Å². The Bertz CT molecular complexity index is 983. The summed E-state index contributed by atoms with van der Waals surface area (Å²) >= 11 is 1.41. The van der Waals surface area contributed by atoms with Crippen molar-refractivity contribution in [3.8, 4) is 11.4 Å². The average Bonchev–Trinajstić information content (AvgIpc) is 3.35. The highest BCUT2D eigenvalue weighted by Gasteiger charge is 2.22. The van der Waals surface area contributed by atoms with Crippen molar-refractivity contribution in [2.24, 2.45) is 0 Å². The number of benzene rings is 2. The molecule has 0 spiro atoms. The molecular formula is C21H21N3O2S. The third-order valence-electron chi connectivity index (χ3n) is 4.90. The summed E-state index contributed by atoms with van der Waals surface area (Å²) in [5.41, 5.74) is 4.32. The molecule has 2 aromatic carbocycles. The number of aryl methyl sites for hydroxylation is 2. The fraction of sp³-hybridized carbons (Fsp3) is 0.286. The van der Waals surface area contributed by atoms with Crippen molar-refractivity contribution in [2.75, 3.05) is 7.11 Å². The molecule has 1 aliphatic rings. The van der Waals surface area contributed by atoms with Crippen LogP contribution < -0.4 is 4.74 Å². The maximum atomic E-state index is 12.9. The van der Waals surface area contributed by atoms with Gasteiger partial charge in [0.15, 0.2) is 10.9 Å². The number of aromatic nitrogens is 3. The number of para-hydroxylation sites is 2. The predicted molar refractivity (Wildman–Crippen MR) is 106 cm³/mol. The fourth-order valence-corrected chi connectivity index (χ4v) is 4.38. The molecule has 0 bridgehead atoms. The molecule has 1 aliphatic carbocycles. The smallest absolute Gasteiger partial charge is 0.196 e. The van der Waals surface area contributed by atoms with Crippen molar-refractivity contribution in [3.05, 3.63) is 65.5 Å². The van der Waals surface area contributed by atoms with E-state index in [1.165, 1.54) is 29.3 Å². The third kappa shape index (κ3) is 3.49. The molecule has 0 amide bonds. The van der Waals surface area contributed by atoms with E-state index >= 15 is 0 Å². The van der Waals surface area contributed by atoms with Gasteiger partial charge in [0.25, 0.3) is 0 Å². The van der Waals surface area contributed by atoms with E-state index in [9.17, 15) is 4.79 Å². The molecule has 5 nitrogen and oxygen atoms in total. The largest absolute Gasteiger partial charge is 0.495 e. The molecule has 1 aromatic heterocycles. The Balaban J connectivity index is 1.56. The molecule has 0 radical (unpaired) electrons. The topological polar surface area (TPSA) is 57.0 Å². The van der Waals surface area contributed by atoms with E-state index in [1.54, 1.807) is 13.4 Å². The zero-order valence-corrected chi connectivity index (χ0v) is 16.2. The fourth-order valence-electron chi connectivity index (χ4n) is 3.47. The second kappa shape index (κ2) is 7.56. The predicted octanol–water partition coefficient (Wildman–Crippen LogP) is 4.13. The molecule has 0 N–H and O–H groups in total. The first-order valence-electron chi connectivity index (χ1n) is 9.03. The highest BCUT2D eigenvalue weighted by molar-refractivity contribution is 8.00. The number of nitrogens with zero attached hydrogens (tertiary/aromatic N) is 3. The van der Waals surface area contributed by atoms with E-state index in [2.05, 4.69) is 22.3 Å². The van der Waals surface area contributed by atoms with Gasteiger partial charge in [-0.1, -0.05) is 36.0 Å². The first-order valence-corrected chi connectivity index (χ1v) is 9.91. The number of thioether (sulfide) groups is 1. The molecular weight excluding hydrogens is 358 g/mol. The van der Waals surface area contributed by atoms with Crippen molar-refractivity contribution < 1.29 is 9.53 Å². The Kier molecular flexibility index (Phi) is 4.99. The number of hydrogen-bond acceptors (Lipinski definition) is 5. The van der Waals surface area contributed by atoms with Crippen LogP contribution in [-0.2, 0) is 12.8 Å². The highest BCUT2D eigenvalue weighted by Crippen LogP contribution is 2.30. The van der Waals surface area contributed by atoms with Crippen LogP contribution in [0.3, 0.4) is 0 Å². The number of ether oxygens (including phenoxy) is 1. The molecule has 4 rings (SSSR count). The normalized spacial score (nSPS) is 14.0. The molecule has 138 valence electrons. The van der Waals surface area contributed by atoms with Crippen LogP contribution in [0.5, 0.6) is 5.75 Å². The lowest BCUT2D eigenvalue weighted by Gasteiger charge is -2.13. The Morgan fingerprint density at radius 3 is 2.85 bits per heavy atom. The van der Waals surface area contributed by atoms with Crippen LogP contribution in [0.2, 0.25) is 0 Å². The van der Waals surface area contributed by atoms with Gasteiger partial charge in [-0.2, -0.15) is 0 Å². The highest BCUT2D eigenvalue weighted by atomic mass is 32.2. The zero-order valence-electron chi connectivity index (χ0n) is 15.4. The maximum Gasteiger partial charge on any atom is 0.196 e. The van der Waals surface area contributed by atoms with Gasteiger partial charge in [0.05, 0.1) is 18.0 Å². The number of methoxy groups -OCH3 is 1. The van der Waals surface area contributed by atoms with Gasteiger partial charge in [-0.3, -0.25) is 9.36 Å². The van der Waals surface area contributed by atoms with E-state index in [-0.39, 0.29) is 11.0 Å². The Morgan fingerprint density at radius 1 is 1.19 bits per heavy atom. The Labute approximate surface area is 162 Å². The third-order valence-corrected chi connectivity index (χ3v) is 5.95. The summed E-state index contributed by atoms with van der Waals surface area (Å²) in [5, 5.41) is 8.65. The summed E-state index contributed by atoms with van der Waals surface area (Å²) in [5.74, 6) is 0.848. The second-order valence-corrected chi connectivity index (χ2v) is 7.92. The SMILES string of the molecule is COc1ccccc1-n1cnnc1SC(C)C(=O)c1ccc2c(c1)CCC2. The summed E-state index contributed by atoms with van der Waals surface area (Å²) in [7, 11) is 1.63. The maximum absolute atomic E-state index is 12.9. The van der Waals surface area contributed by atoms with Crippen LogP contribution in [0.4, 0.5) is 0 Å². The van der Waals surface area contributed by atoms with Gasteiger partial charge in [-0.25, -0.2) is 0 Å². The summed E-state index contributed by atoms with van der Waals surface area (Å²) in [6, 6.07) is 13.8. The second-order valence-electron chi connectivity index (χ2n) is 6.62. The van der Waals surface area contributed by atoms with Gasteiger partial charge in [0.2, 0.25) is 0 Å². The molecule has 0 saturated carbocycles. The summed E-state index contributed by atoms with van der Waals surface area (Å²) in [4.78, 5) is 12.9. The molecule has 6 heteroatoms. The van der Waals surface area contributed by atoms with E-state index in [0.29, 0.717) is 5.16 Å². The number of carbonyl (C=O) groups excluding carboxylic acids is 1. The molecule has 1 atom stereocenters. The van der Waals surface area contributed by atoms with Gasteiger partial charge in [-0.15, -0.1) is 10.2 Å². The first-order chi connectivity index (χ1) is 13.2. The minimum Gasteiger partial charge on any atom is -0.495 e. The van der Waals surface area contributed by atoms with Crippen molar-refractivity contribution in [1.82, 2.24) is 14.8 Å². The minimum atomic E-state index is -0.262. The summed E-state index contributed by atoms with van der Waals surface area (Å²) in [6.45, 7) is 1.92. The molecule has 3 aromatic rings. The number of hydrogen-bond donors (Lipinski definition) is 0. The van der Waals surface area contributed by atoms with Crippen LogP contribution in [0.1, 0.15) is 34.8 Å². The van der Waals surface area contributed by atoms with Crippen molar-refractivity contribution >= 4 is 17.5 Å². The standard InChI is InChI=1S/C21H21N3O2S/c1-14(20(25)17-11-10-15-6-5-7-16(15)12-17)27-21-23-22-13-24(21)18-8-3-4-9-19(18)26-2/h3-4,8-14H,5-7H2,1-2H3. The number of Topliss-reactive ketones (excluding diaryl/α,β-unsaturated/α-hetero) is 1. The number of fused-ring (bicyclic) bond motifs is 1. The monoisotopic (exact) mass is 379 g/mol. The molecule has 1 unspecified atom stereocenters. The molecule has 0 saturated heterocycles. The van der Waals surface area contributed by atoms with Gasteiger partial charge < -0.3 is 4.74 Å². The zero-order chi connectivity index (χ0) is 18.8. The lowest BCUT2D eigenvalue weighted by Crippen LogP contribution is -2.15. The summed E-state index contributed by atoms with van der Waals surface area (Å²) < 4.78 is 7.29. The molecule has 27 heavy (non-hydrogen) atoms. The summed E-state index contributed by atoms with van der Waals surface area (Å²) in [6.07, 6.45) is 5.02. The number of carbonyl (C=O) groups is 1. The van der Waals surface area contributed by atoms with Crippen molar-refractivity contribution in [1.29, 1.82) is 0 Å². The van der Waals surface area contributed by atoms with Crippen LogP contribution in [0.25, 0.3) is 5.69 Å². The van der Waals surface area contributed by atoms with Crippen LogP contribution in [0.15, 0.2) is 53.9 Å². The van der Waals surface area contributed by atoms with Crippen LogP contribution in [-0.4, -0.2) is 32.9 Å². The minimum absolute atomic E-state index is 0.115. The van der Waals surface area contributed by atoms with Gasteiger partial charge in [0.1, 0.15) is 12.1 Å². The first kappa shape index (κ1) is 17.8. The van der Waals surface area contributed by atoms with Crippen molar-refractivity contribution in [2.45, 2.75) is 36.6 Å². The van der Waals surface area contributed by atoms with E-state index in [1.807, 2.05) is 41.8 Å². The molecule has 0 fully saturated rings. The number of rotatable bonds is 6. The molecule has 1 heterocycles. The van der Waals surface area contributed by atoms with Crippen LogP contribution in [0, 0.1) is 0 Å². The molecule has 0 aliphatic heterocycles. The lowest BCUT2D eigenvalue weighted by molar-refractivity contribution is 0.0993. The van der Waals surface area contributed by atoms with E-state index in [0.717, 1.165) is 29.8 Å². The average molecular weight is 379 g/mol. The Hall–Kier alpha value is -2.60. The van der Waals surface area contributed by atoms with Crippen molar-refractivity contribution in [3.63, 3.8) is 0 Å². The number of ketones is 1. The lowest BCUT2D eigenvalue weighted by atomic mass is 10.0. The quantitative estimate of drug-likeness (QED) is 0.476. The van der Waals surface area contributed by atoms with Gasteiger partial charge in [0, 0.05) is 5.56 Å². The van der Waals surface area contributed by atoms with Gasteiger partial charge >= 0.3 is 0 Å². The Morgan fingerprint density at radius 2 is 2.00 bits per heavy atom. The van der Waals surface area contributed by atoms with Gasteiger partial charge in [-0.05, 0) is 55.5 Å². The van der Waals surface area contributed by atoms with E-state index in [4.69, 9.17) is 4.74 Å². The van der Waals surface area contributed by atoms with Crippen LogP contribution >= 0.6 is 11.8 Å².